The van der Waals surface area contributed by atoms with Crippen molar-refractivity contribution in [2.45, 2.75) is 45.1 Å². The fourth-order valence-corrected chi connectivity index (χ4v) is 2.75. The van der Waals surface area contributed by atoms with E-state index in [-0.39, 0.29) is 0 Å². The van der Waals surface area contributed by atoms with Crippen molar-refractivity contribution in [1.29, 1.82) is 0 Å². The molecule has 1 aromatic rings. The zero-order valence-corrected chi connectivity index (χ0v) is 10.7. The van der Waals surface area contributed by atoms with Gasteiger partial charge in [0.15, 0.2) is 0 Å². The van der Waals surface area contributed by atoms with E-state index < -0.39 is 0 Å². The van der Waals surface area contributed by atoms with Crippen LogP contribution in [0.25, 0.3) is 0 Å². The van der Waals surface area contributed by atoms with E-state index in [4.69, 9.17) is 4.74 Å². The number of aryl methyl sites for hydroxylation is 1. The minimum absolute atomic E-state index is 0.652. The molecule has 0 aromatic carbocycles. The second-order valence-electron chi connectivity index (χ2n) is 4.24. The lowest BCUT2D eigenvalue weighted by atomic mass is 10.0. The Labute approximate surface area is 101 Å². The van der Waals surface area contributed by atoms with E-state index in [0.29, 0.717) is 6.04 Å². The number of piperidine rings is 1. The fourth-order valence-electron chi connectivity index (χ4n) is 1.98. The molecule has 1 aliphatic rings. The topological polar surface area (TPSA) is 34.1 Å². The molecule has 2 rings (SSSR count). The summed E-state index contributed by atoms with van der Waals surface area (Å²) in [6.07, 6.45) is 6.06. The van der Waals surface area contributed by atoms with Crippen molar-refractivity contribution in [3.8, 4) is 5.19 Å². The first-order valence-electron chi connectivity index (χ1n) is 6.19. The monoisotopic (exact) mass is 240 g/mol. The molecule has 1 aliphatic heterocycles. The van der Waals surface area contributed by atoms with Crippen molar-refractivity contribution in [3.05, 3.63) is 11.1 Å². The van der Waals surface area contributed by atoms with Gasteiger partial charge in [-0.15, -0.1) is 0 Å². The highest BCUT2D eigenvalue weighted by atomic mass is 32.1. The third kappa shape index (κ3) is 3.46. The zero-order valence-electron chi connectivity index (χ0n) is 9.87. The standard InChI is InChI=1S/C12H20N2OS/c1-2-10-9-16-12(14-10)15-8-6-11-5-3-4-7-13-11/h9,11,13H,2-8H2,1H3. The summed E-state index contributed by atoms with van der Waals surface area (Å²) >= 11 is 1.61. The van der Waals surface area contributed by atoms with E-state index >= 15 is 0 Å². The van der Waals surface area contributed by atoms with Gasteiger partial charge in [0.1, 0.15) is 0 Å². The van der Waals surface area contributed by atoms with Gasteiger partial charge in [0, 0.05) is 11.4 Å². The van der Waals surface area contributed by atoms with Crippen molar-refractivity contribution in [2.75, 3.05) is 13.2 Å². The Morgan fingerprint density at radius 3 is 3.19 bits per heavy atom. The Morgan fingerprint density at radius 1 is 1.56 bits per heavy atom. The largest absolute Gasteiger partial charge is 0.470 e. The molecule has 1 aromatic heterocycles. The number of nitrogens with one attached hydrogen (secondary N) is 1. The maximum absolute atomic E-state index is 5.66. The van der Waals surface area contributed by atoms with Gasteiger partial charge in [-0.2, -0.15) is 0 Å². The van der Waals surface area contributed by atoms with Crippen LogP contribution >= 0.6 is 11.3 Å². The molecule has 16 heavy (non-hydrogen) atoms. The van der Waals surface area contributed by atoms with Crippen LogP contribution in [0.4, 0.5) is 0 Å². The normalized spacial score (nSPS) is 20.9. The highest BCUT2D eigenvalue weighted by Gasteiger charge is 2.12. The van der Waals surface area contributed by atoms with E-state index in [2.05, 4.69) is 22.6 Å². The Morgan fingerprint density at radius 2 is 2.50 bits per heavy atom. The Kier molecular flexibility index (Phi) is 4.60. The van der Waals surface area contributed by atoms with Crippen LogP contribution in [0.2, 0.25) is 0 Å². The minimum atomic E-state index is 0.652. The number of hydrogen-bond acceptors (Lipinski definition) is 4. The van der Waals surface area contributed by atoms with Gasteiger partial charge in [-0.3, -0.25) is 0 Å². The molecule has 1 fully saturated rings. The first-order chi connectivity index (χ1) is 7.88. The zero-order chi connectivity index (χ0) is 11.2. The molecule has 90 valence electrons. The van der Waals surface area contributed by atoms with Crippen LogP contribution in [0.1, 0.15) is 38.3 Å². The summed E-state index contributed by atoms with van der Waals surface area (Å²) in [5, 5.41) is 6.43. The summed E-state index contributed by atoms with van der Waals surface area (Å²) in [6, 6.07) is 0.652. The molecule has 1 saturated heterocycles. The summed E-state index contributed by atoms with van der Waals surface area (Å²) in [5.74, 6) is 0. The van der Waals surface area contributed by atoms with Crippen LogP contribution in [0.5, 0.6) is 5.19 Å². The Hall–Kier alpha value is -0.610. The maximum Gasteiger partial charge on any atom is 0.273 e. The lowest BCUT2D eigenvalue weighted by Crippen LogP contribution is -2.35. The number of aromatic nitrogens is 1. The Bertz CT molecular complexity index is 308. The molecule has 0 bridgehead atoms. The molecule has 1 N–H and O–H groups in total. The molecule has 0 spiro atoms. The van der Waals surface area contributed by atoms with Crippen LogP contribution < -0.4 is 10.1 Å². The van der Waals surface area contributed by atoms with Gasteiger partial charge in [-0.25, -0.2) is 4.98 Å². The smallest absolute Gasteiger partial charge is 0.273 e. The lowest BCUT2D eigenvalue weighted by molar-refractivity contribution is 0.267. The molecule has 1 unspecified atom stereocenters. The predicted molar refractivity (Wildman–Crippen MR) is 67.2 cm³/mol. The van der Waals surface area contributed by atoms with Crippen LogP contribution in [0.3, 0.4) is 0 Å². The van der Waals surface area contributed by atoms with Gasteiger partial charge < -0.3 is 10.1 Å². The van der Waals surface area contributed by atoms with Crippen molar-refractivity contribution >= 4 is 11.3 Å². The van der Waals surface area contributed by atoms with Crippen LogP contribution in [0.15, 0.2) is 5.38 Å². The predicted octanol–water partition coefficient (Wildman–Crippen LogP) is 2.62. The molecule has 0 radical (unpaired) electrons. The summed E-state index contributed by atoms with van der Waals surface area (Å²) < 4.78 is 5.66. The molecule has 0 amide bonds. The van der Waals surface area contributed by atoms with Crippen LogP contribution in [0, 0.1) is 0 Å². The molecular weight excluding hydrogens is 220 g/mol. The molecular formula is C12H20N2OS. The molecule has 1 atom stereocenters. The summed E-state index contributed by atoms with van der Waals surface area (Å²) in [6.45, 7) is 4.07. The van der Waals surface area contributed by atoms with Crippen molar-refractivity contribution < 1.29 is 4.74 Å². The molecule has 3 nitrogen and oxygen atoms in total. The molecule has 0 aliphatic carbocycles. The average molecular weight is 240 g/mol. The van der Waals surface area contributed by atoms with E-state index in [9.17, 15) is 0 Å². The van der Waals surface area contributed by atoms with Gasteiger partial charge in [0.25, 0.3) is 5.19 Å². The second-order valence-corrected chi connectivity index (χ2v) is 5.06. The van der Waals surface area contributed by atoms with Crippen LogP contribution in [-0.4, -0.2) is 24.2 Å². The van der Waals surface area contributed by atoms with Gasteiger partial charge in [0.2, 0.25) is 0 Å². The highest BCUT2D eigenvalue weighted by molar-refractivity contribution is 7.11. The Balaban J connectivity index is 1.66. The first kappa shape index (κ1) is 11.9. The SMILES string of the molecule is CCc1csc(OCCC2CCCCN2)n1. The van der Waals surface area contributed by atoms with Gasteiger partial charge >= 0.3 is 0 Å². The van der Waals surface area contributed by atoms with E-state index in [0.717, 1.165) is 30.3 Å². The summed E-state index contributed by atoms with van der Waals surface area (Å²) in [5.41, 5.74) is 1.13. The highest BCUT2D eigenvalue weighted by Crippen LogP contribution is 2.19. The van der Waals surface area contributed by atoms with Gasteiger partial charge in [-0.1, -0.05) is 24.7 Å². The average Bonchev–Trinajstić information content (AvgIpc) is 2.78. The molecule has 0 saturated carbocycles. The number of hydrogen-bond donors (Lipinski definition) is 1. The van der Waals surface area contributed by atoms with E-state index in [1.54, 1.807) is 11.3 Å². The van der Waals surface area contributed by atoms with Gasteiger partial charge in [-0.05, 0) is 32.2 Å². The number of rotatable bonds is 5. The summed E-state index contributed by atoms with van der Waals surface area (Å²) in [7, 11) is 0. The molecule has 2 heterocycles. The van der Waals surface area contributed by atoms with Crippen molar-refractivity contribution in [3.63, 3.8) is 0 Å². The van der Waals surface area contributed by atoms with Crippen molar-refractivity contribution in [1.82, 2.24) is 10.3 Å². The van der Waals surface area contributed by atoms with E-state index in [1.807, 2.05) is 0 Å². The number of nitrogens with zero attached hydrogens (tertiary/aromatic N) is 1. The summed E-state index contributed by atoms with van der Waals surface area (Å²) in [4.78, 5) is 4.39. The van der Waals surface area contributed by atoms with Gasteiger partial charge in [0.05, 0.1) is 12.3 Å². The third-order valence-corrected chi connectivity index (χ3v) is 3.80. The first-order valence-corrected chi connectivity index (χ1v) is 7.07. The minimum Gasteiger partial charge on any atom is -0.470 e. The fraction of sp³-hybridized carbons (Fsp3) is 0.750. The molecule has 4 heteroatoms. The number of ether oxygens (including phenoxy) is 1. The quantitative estimate of drug-likeness (QED) is 0.859. The number of thiazole rings is 1. The van der Waals surface area contributed by atoms with Crippen molar-refractivity contribution in [2.24, 2.45) is 0 Å². The van der Waals surface area contributed by atoms with E-state index in [1.165, 1.54) is 25.8 Å². The maximum atomic E-state index is 5.66. The lowest BCUT2D eigenvalue weighted by Gasteiger charge is -2.22. The third-order valence-electron chi connectivity index (χ3n) is 3.00. The van der Waals surface area contributed by atoms with Crippen LogP contribution in [-0.2, 0) is 6.42 Å². The second kappa shape index (κ2) is 6.21.